The maximum absolute atomic E-state index is 9.43. The van der Waals surface area contributed by atoms with Crippen molar-refractivity contribution in [3.05, 3.63) is 45.0 Å². The van der Waals surface area contributed by atoms with Gasteiger partial charge in [-0.3, -0.25) is 5.32 Å². The minimum Gasteiger partial charge on any atom is -0.493 e. The first-order valence-electron chi connectivity index (χ1n) is 8.55. The number of benzene rings is 1. The van der Waals surface area contributed by atoms with Crippen LogP contribution < -0.4 is 31.6 Å². The smallest absolute Gasteiger partial charge is 0.211 e. The Morgan fingerprint density at radius 1 is 1.40 bits per heavy atom. The summed E-state index contributed by atoms with van der Waals surface area (Å²) in [6, 6.07) is 4.92. The number of methoxy groups -OCH3 is 1. The Labute approximate surface area is 186 Å². The van der Waals surface area contributed by atoms with Crippen LogP contribution in [0.1, 0.15) is 22.7 Å². The molecule has 3 rings (SSSR count). The molecule has 152 valence electrons. The minimum absolute atomic E-state index is 0.0152. The number of nitrogens with zero attached hydrogens (tertiary/aromatic N) is 4. The van der Waals surface area contributed by atoms with Crippen molar-refractivity contribution in [3.63, 3.8) is 0 Å². The molecule has 1 atom stereocenters. The van der Waals surface area contributed by atoms with E-state index < -0.39 is 6.04 Å². The third kappa shape index (κ3) is 3.75. The van der Waals surface area contributed by atoms with Gasteiger partial charge in [-0.15, -0.1) is 0 Å². The standard InChI is InChI=1S/C19H17IN8O2/c1-3-4-30-16-11(20)5-9(6-12(16)29-2)15-13-14(23)10(7-21)17(24)27-18(13)28-19(26-15)25-8-22/h3,5-6,15H,1,4H2,2H3,(H6,23,24,25,26,27,28). The lowest BCUT2D eigenvalue weighted by molar-refractivity contribution is 0.324. The van der Waals surface area contributed by atoms with E-state index >= 15 is 0 Å². The highest BCUT2D eigenvalue weighted by Crippen LogP contribution is 2.43. The molecule has 0 amide bonds. The first-order chi connectivity index (χ1) is 14.4. The number of fused-ring (bicyclic) bond motifs is 1. The van der Waals surface area contributed by atoms with Crippen molar-refractivity contribution in [1.82, 2.24) is 10.3 Å². The van der Waals surface area contributed by atoms with E-state index in [1.54, 1.807) is 12.1 Å². The highest BCUT2D eigenvalue weighted by molar-refractivity contribution is 14.1. The first-order valence-corrected chi connectivity index (χ1v) is 9.63. The van der Waals surface area contributed by atoms with Crippen LogP contribution in [0, 0.1) is 26.4 Å². The van der Waals surface area contributed by atoms with Gasteiger partial charge >= 0.3 is 0 Å². The van der Waals surface area contributed by atoms with Gasteiger partial charge < -0.3 is 26.3 Å². The number of hydrogen-bond acceptors (Lipinski definition) is 10. The number of guanidine groups is 1. The number of nitriles is 2. The van der Waals surface area contributed by atoms with Crippen LogP contribution in [0.5, 0.6) is 11.5 Å². The van der Waals surface area contributed by atoms with Gasteiger partial charge in [0.2, 0.25) is 5.96 Å². The molecule has 10 nitrogen and oxygen atoms in total. The zero-order chi connectivity index (χ0) is 21.8. The normalized spacial score (nSPS) is 14.3. The summed E-state index contributed by atoms with van der Waals surface area (Å²) < 4.78 is 12.0. The van der Waals surface area contributed by atoms with Crippen LogP contribution in [0.2, 0.25) is 0 Å². The van der Waals surface area contributed by atoms with Crippen LogP contribution >= 0.6 is 22.6 Å². The Bertz CT molecular complexity index is 1130. The Morgan fingerprint density at radius 2 is 2.17 bits per heavy atom. The largest absolute Gasteiger partial charge is 0.493 e. The summed E-state index contributed by atoms with van der Waals surface area (Å²) >= 11 is 2.13. The monoisotopic (exact) mass is 516 g/mol. The third-order valence-corrected chi connectivity index (χ3v) is 5.07. The molecule has 0 spiro atoms. The molecule has 1 aromatic heterocycles. The van der Waals surface area contributed by atoms with E-state index in [1.165, 1.54) is 7.11 Å². The SMILES string of the molecule is C=CCOc1c(I)cc(C2N=C(NC#N)Nc3nc(N)c(C#N)c(N)c32)cc1OC. The molecule has 30 heavy (non-hydrogen) atoms. The molecule has 1 aliphatic heterocycles. The van der Waals surface area contributed by atoms with Gasteiger partial charge in [-0.25, -0.2) is 9.98 Å². The number of hydrogen-bond donors (Lipinski definition) is 4. The van der Waals surface area contributed by atoms with E-state index in [1.807, 2.05) is 18.3 Å². The molecule has 11 heteroatoms. The molecule has 0 saturated carbocycles. The second-order valence-electron chi connectivity index (χ2n) is 6.04. The topological polar surface area (TPSA) is 167 Å². The van der Waals surface area contributed by atoms with Crippen molar-refractivity contribution in [1.29, 1.82) is 10.5 Å². The first kappa shape index (κ1) is 21.0. The molecule has 0 bridgehead atoms. The number of pyridine rings is 1. The molecule has 1 aromatic carbocycles. The molecule has 2 aromatic rings. The van der Waals surface area contributed by atoms with Gasteiger partial charge in [-0.2, -0.15) is 10.5 Å². The van der Waals surface area contributed by atoms with Crippen molar-refractivity contribution in [3.8, 4) is 23.8 Å². The highest BCUT2D eigenvalue weighted by Gasteiger charge is 2.30. The third-order valence-electron chi connectivity index (χ3n) is 4.27. The maximum atomic E-state index is 9.43. The molecule has 0 aliphatic carbocycles. The summed E-state index contributed by atoms with van der Waals surface area (Å²) in [5.74, 6) is 1.52. The summed E-state index contributed by atoms with van der Waals surface area (Å²) in [4.78, 5) is 8.78. The van der Waals surface area contributed by atoms with Crippen molar-refractivity contribution in [2.75, 3.05) is 30.5 Å². The van der Waals surface area contributed by atoms with Gasteiger partial charge in [-0.1, -0.05) is 12.7 Å². The molecule has 1 unspecified atom stereocenters. The van der Waals surface area contributed by atoms with E-state index in [9.17, 15) is 5.26 Å². The van der Waals surface area contributed by atoms with Crippen molar-refractivity contribution < 1.29 is 9.47 Å². The fraction of sp³-hybridized carbons (Fsp3) is 0.158. The summed E-state index contributed by atoms with van der Waals surface area (Å²) in [5.41, 5.74) is 13.5. The van der Waals surface area contributed by atoms with Gasteiger partial charge in [0.25, 0.3) is 0 Å². The highest BCUT2D eigenvalue weighted by atomic mass is 127. The number of nitrogen functional groups attached to an aromatic ring is 2. The van der Waals surface area contributed by atoms with Gasteiger partial charge in [0, 0.05) is 5.56 Å². The summed E-state index contributed by atoms with van der Waals surface area (Å²) in [7, 11) is 1.53. The molecule has 0 saturated heterocycles. The number of rotatable bonds is 5. The molecule has 0 radical (unpaired) electrons. The fourth-order valence-electron chi connectivity index (χ4n) is 3.00. The maximum Gasteiger partial charge on any atom is 0.211 e. The van der Waals surface area contributed by atoms with Gasteiger partial charge in [0.05, 0.1) is 16.4 Å². The Balaban J connectivity index is 2.23. The van der Waals surface area contributed by atoms with E-state index in [0.29, 0.717) is 35.1 Å². The Kier molecular flexibility index (Phi) is 6.13. The number of ether oxygens (including phenoxy) is 2. The lowest BCUT2D eigenvalue weighted by Crippen LogP contribution is -2.32. The van der Waals surface area contributed by atoms with E-state index in [-0.39, 0.29) is 23.0 Å². The molecule has 0 fully saturated rings. The van der Waals surface area contributed by atoms with Gasteiger partial charge in [0.1, 0.15) is 35.9 Å². The van der Waals surface area contributed by atoms with Crippen LogP contribution in [-0.4, -0.2) is 24.7 Å². The fourth-order valence-corrected chi connectivity index (χ4v) is 3.78. The second-order valence-corrected chi connectivity index (χ2v) is 7.20. The summed E-state index contributed by atoms with van der Waals surface area (Å²) in [6.45, 7) is 3.97. The van der Waals surface area contributed by atoms with Crippen LogP contribution in [0.25, 0.3) is 0 Å². The molecular formula is C19H17IN8O2. The van der Waals surface area contributed by atoms with Crippen LogP contribution in [0.4, 0.5) is 17.3 Å². The summed E-state index contributed by atoms with van der Waals surface area (Å²) in [6.07, 6.45) is 3.45. The van der Waals surface area contributed by atoms with Crippen molar-refractivity contribution in [2.45, 2.75) is 6.04 Å². The van der Waals surface area contributed by atoms with E-state index in [2.05, 4.69) is 49.8 Å². The van der Waals surface area contributed by atoms with E-state index in [4.69, 9.17) is 26.2 Å². The van der Waals surface area contributed by atoms with Crippen LogP contribution in [0.15, 0.2) is 29.8 Å². The molecule has 2 heterocycles. The number of aliphatic imine (C=N–C) groups is 1. The Morgan fingerprint density at radius 3 is 2.80 bits per heavy atom. The number of nitrogens with two attached hydrogens (primary N) is 2. The lowest BCUT2D eigenvalue weighted by Gasteiger charge is -2.27. The summed E-state index contributed by atoms with van der Waals surface area (Å²) in [5, 5.41) is 23.8. The Hall–Kier alpha value is -3.71. The average molecular weight is 516 g/mol. The zero-order valence-electron chi connectivity index (χ0n) is 15.9. The zero-order valence-corrected chi connectivity index (χ0v) is 18.0. The predicted octanol–water partition coefficient (Wildman–Crippen LogP) is 2.24. The van der Waals surface area contributed by atoms with E-state index in [0.717, 1.165) is 3.57 Å². The second kappa shape index (κ2) is 8.75. The number of anilines is 3. The van der Waals surface area contributed by atoms with Gasteiger partial charge in [0.15, 0.2) is 17.7 Å². The quantitative estimate of drug-likeness (QED) is 0.202. The lowest BCUT2D eigenvalue weighted by atomic mass is 9.95. The average Bonchev–Trinajstić information content (AvgIpc) is 2.72. The van der Waals surface area contributed by atoms with Crippen molar-refractivity contribution >= 4 is 45.9 Å². The van der Waals surface area contributed by atoms with Gasteiger partial charge in [-0.05, 0) is 40.3 Å². The number of nitrogens with one attached hydrogen (secondary N) is 2. The number of aromatic nitrogens is 1. The minimum atomic E-state index is -0.673. The number of halogens is 1. The molecular weight excluding hydrogens is 499 g/mol. The molecule has 1 aliphatic rings. The van der Waals surface area contributed by atoms with Crippen LogP contribution in [-0.2, 0) is 0 Å². The van der Waals surface area contributed by atoms with Crippen LogP contribution in [0.3, 0.4) is 0 Å². The molecule has 6 N–H and O–H groups in total. The predicted molar refractivity (Wildman–Crippen MR) is 121 cm³/mol. The van der Waals surface area contributed by atoms with Crippen molar-refractivity contribution in [2.24, 2.45) is 4.99 Å².